The monoisotopic (exact) mass is 465 g/mol. The Bertz CT molecular complexity index is 1230. The summed E-state index contributed by atoms with van der Waals surface area (Å²) in [6, 6.07) is 9.87. The fourth-order valence-electron chi connectivity index (χ4n) is 2.75. The Morgan fingerprint density at radius 1 is 1.17 bits per heavy atom. The van der Waals surface area contributed by atoms with Crippen LogP contribution in [0.4, 0.5) is 0 Å². The lowest BCUT2D eigenvalue weighted by molar-refractivity contribution is -0.129. The molecule has 0 bridgehead atoms. The SMILES string of the molecule is COC(=O)c1ccc(/C=C2\N=C(c3sc4cc(Cl)cc(Cl)c4c3Cl)OC2=O)cc1. The molecule has 9 heteroatoms. The second-order valence-corrected chi connectivity index (χ2v) is 8.23. The number of aliphatic imine (C=N–C) groups is 1. The minimum absolute atomic E-state index is 0.103. The predicted octanol–water partition coefficient (Wildman–Crippen LogP) is 5.99. The molecule has 0 saturated heterocycles. The number of halogens is 3. The van der Waals surface area contributed by atoms with Gasteiger partial charge in [-0.05, 0) is 35.9 Å². The topological polar surface area (TPSA) is 65.0 Å². The molecular weight excluding hydrogens is 457 g/mol. The highest BCUT2D eigenvalue weighted by Gasteiger charge is 2.28. The molecular formula is C20H10Cl3NO4S. The van der Waals surface area contributed by atoms with Crippen molar-refractivity contribution in [3.63, 3.8) is 0 Å². The summed E-state index contributed by atoms with van der Waals surface area (Å²) in [6.07, 6.45) is 1.56. The zero-order valence-corrected chi connectivity index (χ0v) is 17.7. The second kappa shape index (κ2) is 7.80. The number of hydrogen-bond acceptors (Lipinski definition) is 6. The predicted molar refractivity (Wildman–Crippen MR) is 115 cm³/mol. The number of esters is 2. The Labute approximate surface area is 184 Å². The molecule has 0 saturated carbocycles. The molecule has 2 heterocycles. The number of cyclic esters (lactones) is 1. The van der Waals surface area contributed by atoms with Crippen molar-refractivity contribution in [2.75, 3.05) is 7.11 Å². The summed E-state index contributed by atoms with van der Waals surface area (Å²) < 4.78 is 10.7. The number of hydrogen-bond donors (Lipinski definition) is 0. The van der Waals surface area contributed by atoms with Crippen molar-refractivity contribution in [2.24, 2.45) is 4.99 Å². The summed E-state index contributed by atoms with van der Waals surface area (Å²) in [5, 5.41) is 1.87. The molecule has 0 spiro atoms. The van der Waals surface area contributed by atoms with E-state index in [1.165, 1.54) is 18.4 Å². The van der Waals surface area contributed by atoms with Crippen molar-refractivity contribution in [1.29, 1.82) is 0 Å². The number of nitrogens with zero attached hydrogens (tertiary/aromatic N) is 1. The smallest absolute Gasteiger partial charge is 0.363 e. The summed E-state index contributed by atoms with van der Waals surface area (Å²) in [5.74, 6) is -0.941. The van der Waals surface area contributed by atoms with Crippen molar-refractivity contribution in [3.05, 3.63) is 73.2 Å². The minimum Gasteiger partial charge on any atom is -0.465 e. The van der Waals surface area contributed by atoms with Crippen LogP contribution >= 0.6 is 46.1 Å². The van der Waals surface area contributed by atoms with Crippen LogP contribution in [0, 0.1) is 0 Å². The van der Waals surface area contributed by atoms with E-state index in [1.807, 2.05) is 0 Å². The van der Waals surface area contributed by atoms with Crippen LogP contribution in [0.15, 0.2) is 47.1 Å². The molecule has 0 radical (unpaired) electrons. The van der Waals surface area contributed by atoms with Gasteiger partial charge in [-0.3, -0.25) is 0 Å². The van der Waals surface area contributed by atoms with E-state index in [1.54, 1.807) is 42.5 Å². The lowest BCUT2D eigenvalue weighted by Crippen LogP contribution is -2.04. The average Bonchev–Trinajstić information content (AvgIpc) is 3.21. The van der Waals surface area contributed by atoms with Crippen LogP contribution < -0.4 is 0 Å². The first-order chi connectivity index (χ1) is 13.9. The fraction of sp³-hybridized carbons (Fsp3) is 0.0500. The fourth-order valence-corrected chi connectivity index (χ4v) is 5.05. The Morgan fingerprint density at radius 2 is 1.90 bits per heavy atom. The van der Waals surface area contributed by atoms with E-state index in [2.05, 4.69) is 9.73 Å². The zero-order valence-electron chi connectivity index (χ0n) is 14.7. The highest BCUT2D eigenvalue weighted by molar-refractivity contribution is 7.21. The van der Waals surface area contributed by atoms with Crippen LogP contribution in [0.25, 0.3) is 16.2 Å². The van der Waals surface area contributed by atoms with Crippen LogP contribution in [0.2, 0.25) is 15.1 Å². The van der Waals surface area contributed by atoms with Crippen molar-refractivity contribution in [3.8, 4) is 0 Å². The number of ether oxygens (including phenoxy) is 2. The van der Waals surface area contributed by atoms with E-state index in [9.17, 15) is 9.59 Å². The van der Waals surface area contributed by atoms with Gasteiger partial charge in [0.2, 0.25) is 5.90 Å². The summed E-state index contributed by atoms with van der Waals surface area (Å²) in [5.41, 5.74) is 1.19. The highest BCUT2D eigenvalue weighted by Crippen LogP contribution is 2.42. The maximum Gasteiger partial charge on any atom is 0.363 e. The van der Waals surface area contributed by atoms with Gasteiger partial charge in [-0.2, -0.15) is 0 Å². The van der Waals surface area contributed by atoms with Gasteiger partial charge >= 0.3 is 11.9 Å². The van der Waals surface area contributed by atoms with E-state index >= 15 is 0 Å². The molecule has 1 aliphatic heterocycles. The molecule has 3 aromatic rings. The number of fused-ring (bicyclic) bond motifs is 1. The van der Waals surface area contributed by atoms with Crippen molar-refractivity contribution < 1.29 is 19.1 Å². The first kappa shape index (κ1) is 19.9. The molecule has 0 amide bonds. The third kappa shape index (κ3) is 3.76. The van der Waals surface area contributed by atoms with Crippen LogP contribution in [-0.2, 0) is 14.3 Å². The summed E-state index contributed by atoms with van der Waals surface area (Å²) in [7, 11) is 1.31. The molecule has 5 nitrogen and oxygen atoms in total. The Hall–Kier alpha value is -2.38. The Kier molecular flexibility index (Phi) is 5.36. The molecule has 146 valence electrons. The number of benzene rings is 2. The van der Waals surface area contributed by atoms with Gasteiger partial charge < -0.3 is 9.47 Å². The number of rotatable bonds is 3. The largest absolute Gasteiger partial charge is 0.465 e. The van der Waals surface area contributed by atoms with Crippen LogP contribution in [-0.4, -0.2) is 24.9 Å². The maximum atomic E-state index is 12.3. The highest BCUT2D eigenvalue weighted by atomic mass is 35.5. The molecule has 0 aliphatic carbocycles. The lowest BCUT2D eigenvalue weighted by atomic mass is 10.1. The van der Waals surface area contributed by atoms with E-state index < -0.39 is 11.9 Å². The number of carbonyl (C=O) groups excluding carboxylic acids is 2. The normalized spacial score (nSPS) is 15.0. The summed E-state index contributed by atoms with van der Waals surface area (Å²) in [6.45, 7) is 0. The molecule has 29 heavy (non-hydrogen) atoms. The second-order valence-electron chi connectivity index (χ2n) is 5.96. The van der Waals surface area contributed by atoms with Gasteiger partial charge in [0.1, 0.15) is 4.88 Å². The molecule has 2 aromatic carbocycles. The van der Waals surface area contributed by atoms with Gasteiger partial charge in [0, 0.05) is 15.1 Å². The van der Waals surface area contributed by atoms with Gasteiger partial charge in [0.05, 0.1) is 22.7 Å². The van der Waals surface area contributed by atoms with Crippen molar-refractivity contribution in [2.45, 2.75) is 0 Å². The van der Waals surface area contributed by atoms with Crippen LogP contribution in [0.3, 0.4) is 0 Å². The quantitative estimate of drug-likeness (QED) is 0.351. The summed E-state index contributed by atoms with van der Waals surface area (Å²) >= 11 is 20.0. The minimum atomic E-state index is -0.602. The zero-order chi connectivity index (χ0) is 20.7. The molecule has 4 rings (SSSR count). The molecule has 0 atom stereocenters. The van der Waals surface area contributed by atoms with E-state index in [0.717, 1.165) is 4.70 Å². The molecule has 0 N–H and O–H groups in total. The number of thiophene rings is 1. The van der Waals surface area contributed by atoms with Gasteiger partial charge in [-0.1, -0.05) is 46.9 Å². The number of carbonyl (C=O) groups is 2. The number of methoxy groups -OCH3 is 1. The maximum absolute atomic E-state index is 12.3. The standard InChI is InChI=1S/C20H10Cl3NO4S/c1-27-19(25)10-4-2-9(3-5-10)6-13-20(26)28-18(24-13)17-16(23)15-12(22)7-11(21)8-14(15)29-17/h2-8H,1H3/b13-6-. The van der Waals surface area contributed by atoms with E-state index in [0.29, 0.717) is 36.5 Å². The van der Waals surface area contributed by atoms with Gasteiger partial charge in [0.15, 0.2) is 5.70 Å². The van der Waals surface area contributed by atoms with Gasteiger partial charge in [0.25, 0.3) is 0 Å². The van der Waals surface area contributed by atoms with Gasteiger partial charge in [-0.25, -0.2) is 14.6 Å². The van der Waals surface area contributed by atoms with E-state index in [4.69, 9.17) is 39.5 Å². The van der Waals surface area contributed by atoms with E-state index in [-0.39, 0.29) is 11.6 Å². The van der Waals surface area contributed by atoms with Crippen molar-refractivity contribution >= 4 is 80.1 Å². The molecule has 0 unspecified atom stereocenters. The molecule has 1 aromatic heterocycles. The molecule has 1 aliphatic rings. The first-order valence-corrected chi connectivity index (χ1v) is 10.1. The van der Waals surface area contributed by atoms with Gasteiger partial charge in [-0.15, -0.1) is 11.3 Å². The van der Waals surface area contributed by atoms with Crippen molar-refractivity contribution in [1.82, 2.24) is 0 Å². The Balaban J connectivity index is 1.70. The average molecular weight is 467 g/mol. The summed E-state index contributed by atoms with van der Waals surface area (Å²) in [4.78, 5) is 28.5. The lowest BCUT2D eigenvalue weighted by Gasteiger charge is -1.99. The third-order valence-electron chi connectivity index (χ3n) is 4.10. The first-order valence-electron chi connectivity index (χ1n) is 8.15. The third-order valence-corrected chi connectivity index (χ3v) is 6.23. The van der Waals surface area contributed by atoms with Crippen LogP contribution in [0.1, 0.15) is 20.8 Å². The van der Waals surface area contributed by atoms with Crippen LogP contribution in [0.5, 0.6) is 0 Å². The molecule has 0 fully saturated rings. The Morgan fingerprint density at radius 3 is 2.59 bits per heavy atom.